The Balaban J connectivity index is 1.73. The van der Waals surface area contributed by atoms with Crippen LogP contribution >= 0.6 is 0 Å². The van der Waals surface area contributed by atoms with Gasteiger partial charge in [-0.1, -0.05) is 13.0 Å². The zero-order chi connectivity index (χ0) is 16.9. The zero-order valence-electron chi connectivity index (χ0n) is 14.3. The van der Waals surface area contributed by atoms with Crippen LogP contribution in [0.5, 0.6) is 5.75 Å². The molecule has 132 valence electrons. The molecule has 2 aliphatic heterocycles. The molecule has 2 aliphatic rings. The van der Waals surface area contributed by atoms with E-state index in [0.29, 0.717) is 31.8 Å². The van der Waals surface area contributed by atoms with E-state index in [1.807, 2.05) is 29.2 Å². The van der Waals surface area contributed by atoms with Crippen molar-refractivity contribution in [2.75, 3.05) is 26.4 Å². The van der Waals surface area contributed by atoms with E-state index in [1.165, 1.54) is 0 Å². The van der Waals surface area contributed by atoms with Crippen LogP contribution in [0.15, 0.2) is 24.3 Å². The van der Waals surface area contributed by atoms with Gasteiger partial charge in [-0.05, 0) is 43.9 Å². The second-order valence-corrected chi connectivity index (χ2v) is 6.68. The number of carbonyl (C=O) groups excluding carboxylic acids is 1. The number of benzene rings is 1. The lowest BCUT2D eigenvalue weighted by Gasteiger charge is -2.37. The molecule has 1 amide bonds. The van der Waals surface area contributed by atoms with Crippen molar-refractivity contribution in [3.05, 3.63) is 29.8 Å². The Morgan fingerprint density at radius 2 is 2.29 bits per heavy atom. The molecule has 0 radical (unpaired) electrons. The molecule has 1 aromatic rings. The topological polar surface area (TPSA) is 59.0 Å². The first kappa shape index (κ1) is 17.2. The third-order valence-corrected chi connectivity index (χ3v) is 4.97. The Morgan fingerprint density at radius 3 is 3.08 bits per heavy atom. The number of amides is 1. The number of likely N-dealkylation sites (tertiary alicyclic amines) is 1. The van der Waals surface area contributed by atoms with Crippen LogP contribution < -0.4 is 4.74 Å². The number of aliphatic hydroxyl groups excluding tert-OH is 1. The Bertz CT molecular complexity index is 562. The Hall–Kier alpha value is -1.59. The number of nitrogens with zero attached hydrogens (tertiary/aromatic N) is 1. The fraction of sp³-hybridized carbons (Fsp3) is 0.632. The van der Waals surface area contributed by atoms with Gasteiger partial charge < -0.3 is 19.5 Å². The van der Waals surface area contributed by atoms with Gasteiger partial charge in [-0.15, -0.1) is 0 Å². The summed E-state index contributed by atoms with van der Waals surface area (Å²) in [5.74, 6) is 0.779. The predicted molar refractivity (Wildman–Crippen MR) is 91.2 cm³/mol. The smallest absolute Gasteiger partial charge is 0.254 e. The summed E-state index contributed by atoms with van der Waals surface area (Å²) in [7, 11) is 0. The van der Waals surface area contributed by atoms with Gasteiger partial charge in [0.15, 0.2) is 0 Å². The molecule has 2 saturated heterocycles. The van der Waals surface area contributed by atoms with E-state index in [4.69, 9.17) is 9.47 Å². The van der Waals surface area contributed by atoms with E-state index in [9.17, 15) is 9.90 Å². The van der Waals surface area contributed by atoms with Crippen molar-refractivity contribution in [3.8, 4) is 5.75 Å². The number of hydrogen-bond donors (Lipinski definition) is 1. The second kappa shape index (κ2) is 7.99. The molecule has 3 atom stereocenters. The van der Waals surface area contributed by atoms with Gasteiger partial charge in [-0.3, -0.25) is 4.79 Å². The number of ether oxygens (including phenoxy) is 2. The first-order valence-corrected chi connectivity index (χ1v) is 9.00. The lowest BCUT2D eigenvalue weighted by molar-refractivity contribution is -0.0589. The number of carbonyl (C=O) groups is 1. The van der Waals surface area contributed by atoms with E-state index in [1.54, 1.807) is 0 Å². The third-order valence-electron chi connectivity index (χ3n) is 4.97. The monoisotopic (exact) mass is 333 g/mol. The zero-order valence-corrected chi connectivity index (χ0v) is 14.3. The minimum atomic E-state index is -0.378. The molecule has 24 heavy (non-hydrogen) atoms. The highest BCUT2D eigenvalue weighted by Gasteiger charge is 2.39. The van der Waals surface area contributed by atoms with Gasteiger partial charge in [0.25, 0.3) is 5.91 Å². The molecule has 0 aliphatic carbocycles. The lowest BCUT2D eigenvalue weighted by Crippen LogP contribution is -2.48. The normalized spacial score (nSPS) is 27.2. The van der Waals surface area contributed by atoms with Crippen molar-refractivity contribution in [2.45, 2.75) is 44.8 Å². The summed E-state index contributed by atoms with van der Waals surface area (Å²) in [6.45, 7) is 4.59. The summed E-state index contributed by atoms with van der Waals surface area (Å²) in [6, 6.07) is 7.47. The molecule has 0 bridgehead atoms. The van der Waals surface area contributed by atoms with Gasteiger partial charge in [0.1, 0.15) is 5.75 Å². The van der Waals surface area contributed by atoms with Crippen molar-refractivity contribution in [3.63, 3.8) is 0 Å². The molecule has 1 N–H and O–H groups in total. The summed E-state index contributed by atoms with van der Waals surface area (Å²) in [4.78, 5) is 14.9. The highest BCUT2D eigenvalue weighted by molar-refractivity contribution is 5.95. The van der Waals surface area contributed by atoms with Gasteiger partial charge in [0, 0.05) is 30.7 Å². The SMILES string of the molecule is CCCOc1cccc(C(=O)N2CCC[C@@H]2[C@@H]2COCC[C@H]2O)c1. The highest BCUT2D eigenvalue weighted by Crippen LogP contribution is 2.31. The van der Waals surface area contributed by atoms with Crippen LogP contribution in [0.3, 0.4) is 0 Å². The maximum atomic E-state index is 13.0. The fourth-order valence-electron chi connectivity index (χ4n) is 3.71. The minimum Gasteiger partial charge on any atom is -0.494 e. The van der Waals surface area contributed by atoms with E-state index in [2.05, 4.69) is 6.92 Å². The van der Waals surface area contributed by atoms with E-state index in [0.717, 1.165) is 31.6 Å². The van der Waals surface area contributed by atoms with Crippen molar-refractivity contribution >= 4 is 5.91 Å². The van der Waals surface area contributed by atoms with Crippen LogP contribution in [0.4, 0.5) is 0 Å². The summed E-state index contributed by atoms with van der Waals surface area (Å²) < 4.78 is 11.2. The predicted octanol–water partition coefficient (Wildman–Crippen LogP) is 2.48. The van der Waals surface area contributed by atoms with Crippen LogP contribution in [-0.4, -0.2) is 54.4 Å². The van der Waals surface area contributed by atoms with Gasteiger partial charge in [-0.2, -0.15) is 0 Å². The van der Waals surface area contributed by atoms with Gasteiger partial charge in [0.05, 0.1) is 19.3 Å². The molecule has 3 rings (SSSR count). The average molecular weight is 333 g/mol. The third kappa shape index (κ3) is 3.73. The Kier molecular flexibility index (Phi) is 5.74. The molecular weight excluding hydrogens is 306 g/mol. The second-order valence-electron chi connectivity index (χ2n) is 6.68. The quantitative estimate of drug-likeness (QED) is 0.899. The summed E-state index contributed by atoms with van der Waals surface area (Å²) in [6.07, 6.45) is 3.13. The summed E-state index contributed by atoms with van der Waals surface area (Å²) in [5, 5.41) is 10.3. The molecule has 5 nitrogen and oxygen atoms in total. The van der Waals surface area contributed by atoms with Crippen LogP contribution in [0.25, 0.3) is 0 Å². The molecule has 0 aromatic heterocycles. The van der Waals surface area contributed by atoms with Crippen LogP contribution in [0.1, 0.15) is 43.0 Å². The number of rotatable bonds is 5. The maximum Gasteiger partial charge on any atom is 0.254 e. The molecule has 0 spiro atoms. The van der Waals surface area contributed by atoms with Gasteiger partial charge >= 0.3 is 0 Å². The molecule has 1 aromatic carbocycles. The first-order valence-electron chi connectivity index (χ1n) is 9.00. The van der Waals surface area contributed by atoms with Gasteiger partial charge in [-0.25, -0.2) is 0 Å². The van der Waals surface area contributed by atoms with E-state index in [-0.39, 0.29) is 24.0 Å². The molecule has 5 heteroatoms. The van der Waals surface area contributed by atoms with Crippen LogP contribution in [-0.2, 0) is 4.74 Å². The fourth-order valence-corrected chi connectivity index (χ4v) is 3.71. The molecule has 2 fully saturated rings. The minimum absolute atomic E-state index is 0.0183. The Morgan fingerprint density at radius 1 is 1.42 bits per heavy atom. The van der Waals surface area contributed by atoms with Crippen molar-refractivity contribution < 1.29 is 19.4 Å². The Labute approximate surface area is 143 Å². The number of hydrogen-bond acceptors (Lipinski definition) is 4. The lowest BCUT2D eigenvalue weighted by atomic mass is 9.89. The molecule has 0 saturated carbocycles. The number of aliphatic hydroxyl groups is 1. The van der Waals surface area contributed by atoms with Crippen LogP contribution in [0, 0.1) is 5.92 Å². The maximum absolute atomic E-state index is 13.0. The van der Waals surface area contributed by atoms with Crippen molar-refractivity contribution in [1.29, 1.82) is 0 Å². The van der Waals surface area contributed by atoms with Crippen LogP contribution in [0.2, 0.25) is 0 Å². The van der Waals surface area contributed by atoms with E-state index >= 15 is 0 Å². The summed E-state index contributed by atoms with van der Waals surface area (Å²) >= 11 is 0. The summed E-state index contributed by atoms with van der Waals surface area (Å²) in [5.41, 5.74) is 0.654. The van der Waals surface area contributed by atoms with Gasteiger partial charge in [0.2, 0.25) is 0 Å². The van der Waals surface area contributed by atoms with Crippen molar-refractivity contribution in [2.24, 2.45) is 5.92 Å². The molecule has 2 heterocycles. The van der Waals surface area contributed by atoms with E-state index < -0.39 is 0 Å². The molecule has 0 unspecified atom stereocenters. The highest BCUT2D eigenvalue weighted by atomic mass is 16.5. The average Bonchev–Trinajstić information content (AvgIpc) is 3.09. The first-order chi connectivity index (χ1) is 11.7. The molecular formula is C19H27NO4. The standard InChI is InChI=1S/C19H27NO4/c1-2-10-24-15-6-3-5-14(12-15)19(22)20-9-4-7-17(20)16-13-23-11-8-18(16)21/h3,5-6,12,16-18,21H,2,4,7-11,13H2,1H3/t16-,17+,18+/m0/s1. The largest absolute Gasteiger partial charge is 0.494 e. The van der Waals surface area contributed by atoms with Crippen molar-refractivity contribution in [1.82, 2.24) is 4.90 Å².